The number of anilines is 1. The van der Waals surface area contributed by atoms with Crippen molar-refractivity contribution in [3.05, 3.63) is 63.6 Å². The van der Waals surface area contributed by atoms with Gasteiger partial charge in [0.1, 0.15) is 11.8 Å². The Bertz CT molecular complexity index is 1150. The summed E-state index contributed by atoms with van der Waals surface area (Å²) < 4.78 is 0. The van der Waals surface area contributed by atoms with Crippen molar-refractivity contribution >= 4 is 23.5 Å². The molecule has 0 saturated heterocycles. The smallest absolute Gasteiger partial charge is 0.268 e. The molecule has 0 aliphatic heterocycles. The van der Waals surface area contributed by atoms with Gasteiger partial charge in [-0.05, 0) is 44.0 Å². The zero-order valence-corrected chi connectivity index (χ0v) is 18.2. The molecular formula is C22H23ClN6O2. The second kappa shape index (κ2) is 9.60. The first-order chi connectivity index (χ1) is 14.9. The summed E-state index contributed by atoms with van der Waals surface area (Å²) in [5.74, 6) is 0.0224. The summed E-state index contributed by atoms with van der Waals surface area (Å²) in [6.07, 6.45) is 1.47. The molecule has 0 aliphatic carbocycles. The van der Waals surface area contributed by atoms with Crippen molar-refractivity contribution in [2.75, 3.05) is 18.5 Å². The Morgan fingerprint density at radius 3 is 2.81 bits per heavy atom. The number of aryl methyl sites for hydroxylation is 1. The standard InChI is InChI=1S/C22H23ClN6O2/c1-4-25-22-26-10-15(9-24)20(29-22)18-12(2)19(27-13(18)3)21(31)28-17(11-30)14-6-5-7-16(23)8-14/h5-8,10,17,27,30H,4,11H2,1-3H3,(H,28,31)(H,25,26,29)/t17-/m1/s1. The van der Waals surface area contributed by atoms with E-state index in [-0.39, 0.29) is 12.5 Å². The topological polar surface area (TPSA) is 127 Å². The number of amides is 1. The molecule has 3 aromatic rings. The van der Waals surface area contributed by atoms with Crippen molar-refractivity contribution in [2.24, 2.45) is 0 Å². The molecule has 160 valence electrons. The Kier molecular flexibility index (Phi) is 6.90. The van der Waals surface area contributed by atoms with Crippen molar-refractivity contribution in [1.82, 2.24) is 20.3 Å². The highest BCUT2D eigenvalue weighted by Gasteiger charge is 2.24. The molecule has 0 bridgehead atoms. The van der Waals surface area contributed by atoms with E-state index in [1.54, 1.807) is 31.2 Å². The second-order valence-corrected chi connectivity index (χ2v) is 7.42. The summed E-state index contributed by atoms with van der Waals surface area (Å²) in [5, 5.41) is 25.7. The molecule has 3 rings (SSSR count). The Morgan fingerprint density at radius 1 is 1.39 bits per heavy atom. The highest BCUT2D eigenvalue weighted by molar-refractivity contribution is 6.30. The van der Waals surface area contributed by atoms with Crippen molar-refractivity contribution < 1.29 is 9.90 Å². The van der Waals surface area contributed by atoms with Gasteiger partial charge in [0.15, 0.2) is 0 Å². The third-order valence-electron chi connectivity index (χ3n) is 4.88. The minimum atomic E-state index is -0.619. The lowest BCUT2D eigenvalue weighted by atomic mass is 10.0. The lowest BCUT2D eigenvalue weighted by Gasteiger charge is -2.17. The van der Waals surface area contributed by atoms with E-state index in [0.717, 1.165) is 0 Å². The number of benzene rings is 1. The molecule has 31 heavy (non-hydrogen) atoms. The number of rotatable bonds is 7. The van der Waals surface area contributed by atoms with Crippen LogP contribution in [0.2, 0.25) is 5.02 Å². The molecule has 1 atom stereocenters. The summed E-state index contributed by atoms with van der Waals surface area (Å²) >= 11 is 6.04. The largest absolute Gasteiger partial charge is 0.394 e. The van der Waals surface area contributed by atoms with Gasteiger partial charge < -0.3 is 20.7 Å². The molecule has 8 nitrogen and oxygen atoms in total. The zero-order valence-electron chi connectivity index (χ0n) is 17.5. The van der Waals surface area contributed by atoms with Crippen LogP contribution in [0.5, 0.6) is 0 Å². The molecule has 0 unspecified atom stereocenters. The normalized spacial score (nSPS) is 11.6. The molecule has 0 radical (unpaired) electrons. The van der Waals surface area contributed by atoms with Crippen molar-refractivity contribution in [3.8, 4) is 17.3 Å². The fourth-order valence-electron chi connectivity index (χ4n) is 3.42. The number of nitriles is 1. The van der Waals surface area contributed by atoms with Gasteiger partial charge in [0.2, 0.25) is 5.95 Å². The number of aromatic nitrogens is 3. The first kappa shape index (κ1) is 22.3. The molecule has 0 spiro atoms. The van der Waals surface area contributed by atoms with Crippen LogP contribution in [0.1, 0.15) is 45.8 Å². The van der Waals surface area contributed by atoms with Crippen LogP contribution in [0, 0.1) is 25.2 Å². The van der Waals surface area contributed by atoms with Crippen LogP contribution in [0.4, 0.5) is 5.95 Å². The summed E-state index contributed by atoms with van der Waals surface area (Å²) in [5.41, 5.74) is 3.81. The molecule has 9 heteroatoms. The van der Waals surface area contributed by atoms with E-state index in [4.69, 9.17) is 11.6 Å². The van der Waals surface area contributed by atoms with Gasteiger partial charge in [-0.15, -0.1) is 0 Å². The van der Waals surface area contributed by atoms with Crippen LogP contribution in [0.15, 0.2) is 30.5 Å². The summed E-state index contributed by atoms with van der Waals surface area (Å²) in [6, 6.07) is 8.46. The summed E-state index contributed by atoms with van der Waals surface area (Å²) in [4.78, 5) is 24.7. The van der Waals surface area contributed by atoms with E-state index in [9.17, 15) is 15.2 Å². The third-order valence-corrected chi connectivity index (χ3v) is 5.12. The molecule has 1 aromatic carbocycles. The van der Waals surface area contributed by atoms with Crippen molar-refractivity contribution in [2.45, 2.75) is 26.8 Å². The number of aliphatic hydroxyl groups is 1. The van der Waals surface area contributed by atoms with E-state index in [2.05, 4.69) is 31.7 Å². The highest BCUT2D eigenvalue weighted by atomic mass is 35.5. The average Bonchev–Trinajstić information content (AvgIpc) is 3.06. The number of aliphatic hydroxyl groups excluding tert-OH is 1. The number of H-pyrrole nitrogens is 1. The minimum absolute atomic E-state index is 0.284. The summed E-state index contributed by atoms with van der Waals surface area (Å²) in [6.45, 7) is 5.88. The van der Waals surface area contributed by atoms with E-state index >= 15 is 0 Å². The molecule has 1 amide bonds. The second-order valence-electron chi connectivity index (χ2n) is 6.99. The predicted molar refractivity (Wildman–Crippen MR) is 119 cm³/mol. The molecule has 0 fully saturated rings. The van der Waals surface area contributed by atoms with Gasteiger partial charge in [-0.25, -0.2) is 9.97 Å². The fourth-order valence-corrected chi connectivity index (χ4v) is 3.62. The van der Waals surface area contributed by atoms with E-state index in [0.29, 0.717) is 56.9 Å². The van der Waals surface area contributed by atoms with Crippen LogP contribution in [0.25, 0.3) is 11.3 Å². The number of halogens is 1. The molecule has 2 aromatic heterocycles. The van der Waals surface area contributed by atoms with Crippen LogP contribution in [-0.4, -0.2) is 39.1 Å². The number of hydrogen-bond acceptors (Lipinski definition) is 6. The van der Waals surface area contributed by atoms with Crippen LogP contribution in [-0.2, 0) is 0 Å². The number of nitrogens with one attached hydrogen (secondary N) is 3. The van der Waals surface area contributed by atoms with Gasteiger partial charge >= 0.3 is 0 Å². The Hall–Kier alpha value is -3.41. The third kappa shape index (κ3) is 4.68. The zero-order chi connectivity index (χ0) is 22.5. The van der Waals surface area contributed by atoms with Crippen LogP contribution in [0.3, 0.4) is 0 Å². The van der Waals surface area contributed by atoms with Gasteiger partial charge in [-0.2, -0.15) is 5.26 Å². The number of aromatic amines is 1. The lowest BCUT2D eigenvalue weighted by molar-refractivity contribution is 0.0911. The number of hydrogen-bond donors (Lipinski definition) is 4. The Morgan fingerprint density at radius 2 is 2.16 bits per heavy atom. The summed E-state index contributed by atoms with van der Waals surface area (Å²) in [7, 11) is 0. The van der Waals surface area contributed by atoms with E-state index in [1.165, 1.54) is 6.20 Å². The average molecular weight is 439 g/mol. The SMILES string of the molecule is CCNc1ncc(C#N)c(-c2c(C)[nH]c(C(=O)N[C@H](CO)c3cccc(Cl)c3)c2C)n1. The minimum Gasteiger partial charge on any atom is -0.394 e. The maximum atomic E-state index is 13.0. The monoisotopic (exact) mass is 438 g/mol. The van der Waals surface area contributed by atoms with Crippen LogP contribution < -0.4 is 10.6 Å². The maximum absolute atomic E-state index is 13.0. The van der Waals surface area contributed by atoms with Gasteiger partial charge in [-0.3, -0.25) is 4.79 Å². The van der Waals surface area contributed by atoms with Crippen LogP contribution >= 0.6 is 11.6 Å². The lowest BCUT2D eigenvalue weighted by Crippen LogP contribution is -2.31. The van der Waals surface area contributed by atoms with Gasteiger partial charge in [0.25, 0.3) is 5.91 Å². The quantitative estimate of drug-likeness (QED) is 0.447. The number of carbonyl (C=O) groups excluding carboxylic acids is 1. The first-order valence-electron chi connectivity index (χ1n) is 9.77. The molecular weight excluding hydrogens is 416 g/mol. The number of carbonyl (C=O) groups is 1. The molecule has 0 saturated carbocycles. The molecule has 0 aliphatic rings. The Labute approximate surface area is 185 Å². The fraction of sp³-hybridized carbons (Fsp3) is 0.273. The molecule has 2 heterocycles. The van der Waals surface area contributed by atoms with E-state index < -0.39 is 6.04 Å². The van der Waals surface area contributed by atoms with Gasteiger partial charge in [0.05, 0.1) is 30.1 Å². The van der Waals surface area contributed by atoms with Crippen molar-refractivity contribution in [3.63, 3.8) is 0 Å². The van der Waals surface area contributed by atoms with Crippen molar-refractivity contribution in [1.29, 1.82) is 5.26 Å². The van der Waals surface area contributed by atoms with Gasteiger partial charge in [0, 0.05) is 22.8 Å². The molecule has 4 N–H and O–H groups in total. The number of nitrogens with zero attached hydrogens (tertiary/aromatic N) is 3. The predicted octanol–water partition coefficient (Wildman–Crippen LogP) is 3.51. The van der Waals surface area contributed by atoms with E-state index in [1.807, 2.05) is 13.8 Å². The van der Waals surface area contributed by atoms with Gasteiger partial charge in [-0.1, -0.05) is 23.7 Å². The highest BCUT2D eigenvalue weighted by Crippen LogP contribution is 2.31. The maximum Gasteiger partial charge on any atom is 0.268 e. The Balaban J connectivity index is 1.97. The first-order valence-corrected chi connectivity index (χ1v) is 10.1.